The van der Waals surface area contributed by atoms with Gasteiger partial charge in [0.2, 0.25) is 0 Å². The van der Waals surface area contributed by atoms with Gasteiger partial charge < -0.3 is 0 Å². The molecule has 1 heterocycles. The zero-order chi connectivity index (χ0) is 10.8. The van der Waals surface area contributed by atoms with Crippen molar-refractivity contribution in [3.8, 4) is 0 Å². The summed E-state index contributed by atoms with van der Waals surface area (Å²) in [4.78, 5) is 1.17. The molecule has 15 heavy (non-hydrogen) atoms. The molecule has 0 bridgehead atoms. The second-order valence-electron chi connectivity index (χ2n) is 3.41. The van der Waals surface area contributed by atoms with Crippen LogP contribution in [0.5, 0.6) is 0 Å². The number of halogens is 2. The molecular weight excluding hydrogens is 292 g/mol. The zero-order valence-corrected chi connectivity index (χ0v) is 11.4. The van der Waals surface area contributed by atoms with E-state index in [-0.39, 0.29) is 5.38 Å². The smallest absolute Gasteiger partial charge is 0.0939 e. The first-order valence-electron chi connectivity index (χ1n) is 4.62. The molecule has 0 saturated heterocycles. The van der Waals surface area contributed by atoms with Gasteiger partial charge in [-0.3, -0.25) is 0 Å². The highest BCUT2D eigenvalue weighted by Crippen LogP contribution is 2.37. The van der Waals surface area contributed by atoms with Crippen molar-refractivity contribution in [1.29, 1.82) is 0 Å². The molecule has 0 saturated carbocycles. The van der Waals surface area contributed by atoms with Crippen molar-refractivity contribution in [3.63, 3.8) is 0 Å². The van der Waals surface area contributed by atoms with E-state index < -0.39 is 0 Å². The van der Waals surface area contributed by atoms with E-state index in [0.717, 1.165) is 10.0 Å². The summed E-state index contributed by atoms with van der Waals surface area (Å²) in [7, 11) is 0. The predicted molar refractivity (Wildman–Crippen MR) is 70.9 cm³/mol. The lowest BCUT2D eigenvalue weighted by atomic mass is 10.1. The van der Waals surface area contributed by atoms with Crippen LogP contribution in [0.25, 0.3) is 0 Å². The Labute approximate surface area is 107 Å². The van der Waals surface area contributed by atoms with Crippen molar-refractivity contribution < 1.29 is 0 Å². The van der Waals surface area contributed by atoms with Gasteiger partial charge in [-0.1, -0.05) is 29.8 Å². The van der Waals surface area contributed by atoms with Crippen molar-refractivity contribution in [2.75, 3.05) is 0 Å². The topological polar surface area (TPSA) is 0 Å². The molecule has 1 aromatic carbocycles. The van der Waals surface area contributed by atoms with E-state index in [9.17, 15) is 0 Å². The highest BCUT2D eigenvalue weighted by atomic mass is 79.9. The van der Waals surface area contributed by atoms with E-state index in [1.54, 1.807) is 11.3 Å². The second kappa shape index (κ2) is 4.69. The number of hydrogen-bond acceptors (Lipinski definition) is 1. The first-order chi connectivity index (χ1) is 7.18. The normalized spacial score (nSPS) is 12.7. The third kappa shape index (κ3) is 2.44. The van der Waals surface area contributed by atoms with E-state index in [0.29, 0.717) is 0 Å². The Balaban J connectivity index is 2.36. The van der Waals surface area contributed by atoms with Crippen LogP contribution in [0.3, 0.4) is 0 Å². The van der Waals surface area contributed by atoms with Crippen LogP contribution in [0.1, 0.15) is 21.4 Å². The molecule has 1 unspecified atom stereocenters. The highest BCUT2D eigenvalue weighted by Gasteiger charge is 2.14. The number of rotatable bonds is 2. The summed E-state index contributed by atoms with van der Waals surface area (Å²) in [5, 5.41) is 1.99. The third-order valence-electron chi connectivity index (χ3n) is 2.21. The van der Waals surface area contributed by atoms with Crippen LogP contribution < -0.4 is 0 Å². The summed E-state index contributed by atoms with van der Waals surface area (Å²) in [6.45, 7) is 2.08. The fourth-order valence-electron chi connectivity index (χ4n) is 1.47. The zero-order valence-electron chi connectivity index (χ0n) is 8.21. The number of aryl methyl sites for hydroxylation is 1. The number of hydrogen-bond donors (Lipinski definition) is 0. The molecular formula is C12H10BrClS. The molecule has 2 rings (SSSR count). The molecule has 0 amide bonds. The second-order valence-corrected chi connectivity index (χ2v) is 5.65. The van der Waals surface area contributed by atoms with Gasteiger partial charge in [0.25, 0.3) is 0 Å². The average Bonchev–Trinajstić information content (AvgIpc) is 2.63. The predicted octanol–water partition coefficient (Wildman–Crippen LogP) is 5.15. The lowest BCUT2D eigenvalue weighted by molar-refractivity contribution is 1.16. The van der Waals surface area contributed by atoms with E-state index in [1.165, 1.54) is 10.4 Å². The van der Waals surface area contributed by atoms with Gasteiger partial charge in [0.15, 0.2) is 0 Å². The van der Waals surface area contributed by atoms with Gasteiger partial charge in [-0.15, -0.1) is 22.9 Å². The Morgan fingerprint density at radius 1 is 1.33 bits per heavy atom. The molecule has 1 atom stereocenters. The van der Waals surface area contributed by atoms with Crippen molar-refractivity contribution in [2.45, 2.75) is 12.3 Å². The van der Waals surface area contributed by atoms with E-state index in [4.69, 9.17) is 11.6 Å². The fraction of sp³-hybridized carbons (Fsp3) is 0.167. The maximum absolute atomic E-state index is 6.43. The average molecular weight is 302 g/mol. The van der Waals surface area contributed by atoms with Crippen molar-refractivity contribution in [1.82, 2.24) is 0 Å². The van der Waals surface area contributed by atoms with Gasteiger partial charge in [-0.25, -0.2) is 0 Å². The van der Waals surface area contributed by atoms with E-state index in [1.807, 2.05) is 17.5 Å². The Morgan fingerprint density at radius 2 is 2.13 bits per heavy atom. The van der Waals surface area contributed by atoms with Crippen LogP contribution in [0, 0.1) is 6.92 Å². The lowest BCUT2D eigenvalue weighted by Crippen LogP contribution is -1.91. The maximum Gasteiger partial charge on any atom is 0.0939 e. The minimum Gasteiger partial charge on any atom is -0.146 e. The Kier molecular flexibility index (Phi) is 3.49. The third-order valence-corrected chi connectivity index (χ3v) is 4.74. The number of benzene rings is 1. The van der Waals surface area contributed by atoms with Gasteiger partial charge in [0, 0.05) is 9.35 Å². The molecule has 2 aromatic rings. The largest absolute Gasteiger partial charge is 0.146 e. The summed E-state index contributed by atoms with van der Waals surface area (Å²) in [6.07, 6.45) is 0. The van der Waals surface area contributed by atoms with E-state index in [2.05, 4.69) is 41.1 Å². The highest BCUT2D eigenvalue weighted by molar-refractivity contribution is 9.10. The molecule has 78 valence electrons. The van der Waals surface area contributed by atoms with Crippen molar-refractivity contribution in [3.05, 3.63) is 56.2 Å². The molecule has 3 heteroatoms. The molecule has 0 aliphatic heterocycles. The first-order valence-corrected chi connectivity index (χ1v) is 6.73. The number of alkyl halides is 1. The molecule has 0 radical (unpaired) electrons. The molecule has 0 aliphatic rings. The van der Waals surface area contributed by atoms with Gasteiger partial charge in [-0.05, 0) is 39.9 Å². The van der Waals surface area contributed by atoms with Gasteiger partial charge in [-0.2, -0.15) is 0 Å². The quantitative estimate of drug-likeness (QED) is 0.673. The summed E-state index contributed by atoms with van der Waals surface area (Å²) < 4.78 is 1.09. The summed E-state index contributed by atoms with van der Waals surface area (Å²) >= 11 is 11.6. The van der Waals surface area contributed by atoms with Crippen LogP contribution in [0.4, 0.5) is 0 Å². The van der Waals surface area contributed by atoms with Crippen LogP contribution in [-0.2, 0) is 0 Å². The maximum atomic E-state index is 6.43. The van der Waals surface area contributed by atoms with Crippen LogP contribution >= 0.6 is 38.9 Å². The van der Waals surface area contributed by atoms with Gasteiger partial charge >= 0.3 is 0 Å². The monoisotopic (exact) mass is 300 g/mol. The summed E-state index contributed by atoms with van der Waals surface area (Å²) in [5.74, 6) is 0. The molecule has 1 aromatic heterocycles. The molecule has 0 nitrogen and oxygen atoms in total. The Bertz CT molecular complexity index is 464. The minimum absolute atomic E-state index is 0.0562. The summed E-state index contributed by atoms with van der Waals surface area (Å²) in [5.41, 5.74) is 2.39. The first kappa shape index (κ1) is 11.2. The van der Waals surface area contributed by atoms with Gasteiger partial charge in [0.05, 0.1) is 5.38 Å². The lowest BCUT2D eigenvalue weighted by Gasteiger charge is -2.09. The van der Waals surface area contributed by atoms with Crippen molar-refractivity contribution in [2.24, 2.45) is 0 Å². The standard InChI is InChI=1S/C12H10BrClS/c1-8-3-2-4-9(7-8)11(14)12-10(13)5-6-15-12/h2-7,11H,1H3. The summed E-state index contributed by atoms with van der Waals surface area (Å²) in [6, 6.07) is 10.4. The van der Waals surface area contributed by atoms with Crippen LogP contribution in [0.2, 0.25) is 0 Å². The SMILES string of the molecule is Cc1cccc(C(Cl)c2sccc2Br)c1. The Morgan fingerprint density at radius 3 is 2.73 bits per heavy atom. The van der Waals surface area contributed by atoms with Crippen LogP contribution in [0.15, 0.2) is 40.2 Å². The minimum atomic E-state index is -0.0562. The molecule has 0 spiro atoms. The van der Waals surface area contributed by atoms with Crippen molar-refractivity contribution >= 4 is 38.9 Å². The number of thiophene rings is 1. The molecule has 0 aliphatic carbocycles. The fourth-order valence-corrected chi connectivity index (χ4v) is 3.61. The van der Waals surface area contributed by atoms with E-state index >= 15 is 0 Å². The molecule has 0 fully saturated rings. The van der Waals surface area contributed by atoms with Gasteiger partial charge in [0.1, 0.15) is 0 Å². The Hall–Kier alpha value is -0.310. The van der Waals surface area contributed by atoms with Crippen LogP contribution in [-0.4, -0.2) is 0 Å². The molecule has 0 N–H and O–H groups in total.